The van der Waals surface area contributed by atoms with Gasteiger partial charge in [-0.15, -0.1) is 0 Å². The zero-order valence-electron chi connectivity index (χ0n) is 15.3. The fourth-order valence-corrected chi connectivity index (χ4v) is 2.82. The van der Waals surface area contributed by atoms with E-state index in [1.54, 1.807) is 0 Å². The van der Waals surface area contributed by atoms with Gasteiger partial charge in [0.1, 0.15) is 0 Å². The highest BCUT2D eigenvalue weighted by molar-refractivity contribution is 5.64. The summed E-state index contributed by atoms with van der Waals surface area (Å²) in [6, 6.07) is 11.3. The third kappa shape index (κ3) is 4.69. The summed E-state index contributed by atoms with van der Waals surface area (Å²) in [6.07, 6.45) is 2.89. The maximum Gasteiger partial charge on any atom is 0.0909 e. The second kappa shape index (κ2) is 7.45. The van der Waals surface area contributed by atoms with E-state index in [-0.39, 0.29) is 0 Å². The third-order valence-electron chi connectivity index (χ3n) is 4.22. The molecule has 0 fully saturated rings. The molecule has 2 heteroatoms. The maximum absolute atomic E-state index is 4.61. The molecule has 122 valence electrons. The summed E-state index contributed by atoms with van der Waals surface area (Å²) in [5.74, 6) is 0. The predicted octanol–water partition coefficient (Wildman–Crippen LogP) is 5.12. The standard InChI is InChI=1S/C21H28N2/c1-7-23(6)14-22-21-12-17(4)20(11-18(21)5)13-19-9-15(2)8-16(3)10-19/h8-12,14H,7,13H2,1-6H3. The quantitative estimate of drug-likeness (QED) is 0.553. The molecule has 2 aromatic rings. The molecule has 0 aliphatic rings. The van der Waals surface area contributed by atoms with Gasteiger partial charge in [0, 0.05) is 13.6 Å². The number of aliphatic imine (C=N–C) groups is 1. The van der Waals surface area contributed by atoms with E-state index in [0.717, 1.165) is 18.7 Å². The Bertz CT molecular complexity index is 694. The van der Waals surface area contributed by atoms with Gasteiger partial charge in [0.25, 0.3) is 0 Å². The van der Waals surface area contributed by atoms with E-state index < -0.39 is 0 Å². The van der Waals surface area contributed by atoms with Gasteiger partial charge in [-0.1, -0.05) is 35.4 Å². The molecule has 0 N–H and O–H groups in total. The summed E-state index contributed by atoms with van der Waals surface area (Å²) in [7, 11) is 2.04. The highest BCUT2D eigenvalue weighted by Gasteiger charge is 2.06. The molecule has 2 nitrogen and oxygen atoms in total. The van der Waals surface area contributed by atoms with Crippen molar-refractivity contribution in [1.29, 1.82) is 0 Å². The van der Waals surface area contributed by atoms with Gasteiger partial charge in [0.2, 0.25) is 0 Å². The Balaban J connectivity index is 2.27. The Morgan fingerprint density at radius 1 is 0.913 bits per heavy atom. The first kappa shape index (κ1) is 17.3. The Kier molecular flexibility index (Phi) is 5.59. The zero-order chi connectivity index (χ0) is 17.0. The second-order valence-electron chi connectivity index (χ2n) is 6.56. The van der Waals surface area contributed by atoms with E-state index in [2.05, 4.69) is 74.8 Å². The first-order valence-electron chi connectivity index (χ1n) is 8.30. The van der Waals surface area contributed by atoms with Gasteiger partial charge in [0.05, 0.1) is 12.0 Å². The van der Waals surface area contributed by atoms with Crippen LogP contribution in [-0.4, -0.2) is 24.8 Å². The van der Waals surface area contributed by atoms with Crippen LogP contribution in [0.25, 0.3) is 0 Å². The molecule has 0 amide bonds. The van der Waals surface area contributed by atoms with Gasteiger partial charge in [-0.05, 0) is 69.4 Å². The van der Waals surface area contributed by atoms with Gasteiger partial charge in [-0.3, -0.25) is 0 Å². The van der Waals surface area contributed by atoms with E-state index in [1.165, 1.54) is 33.4 Å². The van der Waals surface area contributed by atoms with Crippen LogP contribution >= 0.6 is 0 Å². The Labute approximate surface area is 140 Å². The molecule has 23 heavy (non-hydrogen) atoms. The molecule has 0 saturated carbocycles. The number of aryl methyl sites for hydroxylation is 4. The molecule has 0 unspecified atom stereocenters. The van der Waals surface area contributed by atoms with Crippen molar-refractivity contribution in [2.75, 3.05) is 13.6 Å². The van der Waals surface area contributed by atoms with Gasteiger partial charge >= 0.3 is 0 Å². The van der Waals surface area contributed by atoms with Crippen LogP contribution in [0.3, 0.4) is 0 Å². The van der Waals surface area contributed by atoms with Gasteiger partial charge in [-0.25, -0.2) is 4.99 Å². The van der Waals surface area contributed by atoms with Crippen molar-refractivity contribution in [3.63, 3.8) is 0 Å². The summed E-state index contributed by atoms with van der Waals surface area (Å²) >= 11 is 0. The second-order valence-corrected chi connectivity index (χ2v) is 6.56. The summed E-state index contributed by atoms with van der Waals surface area (Å²) < 4.78 is 0. The monoisotopic (exact) mass is 308 g/mol. The average molecular weight is 308 g/mol. The van der Waals surface area contributed by atoms with Crippen molar-refractivity contribution in [3.05, 3.63) is 63.7 Å². The van der Waals surface area contributed by atoms with Gasteiger partial charge < -0.3 is 4.90 Å². The lowest BCUT2D eigenvalue weighted by atomic mass is 9.96. The van der Waals surface area contributed by atoms with E-state index in [9.17, 15) is 0 Å². The van der Waals surface area contributed by atoms with E-state index in [1.807, 2.05) is 13.4 Å². The van der Waals surface area contributed by atoms with Crippen molar-refractivity contribution in [2.45, 2.75) is 41.0 Å². The maximum atomic E-state index is 4.61. The average Bonchev–Trinajstić information content (AvgIpc) is 2.47. The SMILES string of the molecule is CCN(C)C=Nc1cc(C)c(Cc2cc(C)cc(C)c2)cc1C. The van der Waals surface area contributed by atoms with Crippen molar-refractivity contribution >= 4 is 12.0 Å². The smallest absolute Gasteiger partial charge is 0.0909 e. The van der Waals surface area contributed by atoms with Crippen molar-refractivity contribution in [3.8, 4) is 0 Å². The van der Waals surface area contributed by atoms with E-state index >= 15 is 0 Å². The molecule has 0 radical (unpaired) electrons. The minimum absolute atomic E-state index is 0.965. The fraction of sp³-hybridized carbons (Fsp3) is 0.381. The number of rotatable bonds is 5. The van der Waals surface area contributed by atoms with E-state index in [0.29, 0.717) is 0 Å². The van der Waals surface area contributed by atoms with E-state index in [4.69, 9.17) is 0 Å². The van der Waals surface area contributed by atoms with Crippen LogP contribution in [-0.2, 0) is 6.42 Å². The molecule has 2 rings (SSSR count). The lowest BCUT2D eigenvalue weighted by Crippen LogP contribution is -2.14. The molecule has 0 bridgehead atoms. The van der Waals surface area contributed by atoms with Crippen molar-refractivity contribution < 1.29 is 0 Å². The van der Waals surface area contributed by atoms with Crippen molar-refractivity contribution in [1.82, 2.24) is 4.90 Å². The highest BCUT2D eigenvalue weighted by Crippen LogP contribution is 2.25. The minimum Gasteiger partial charge on any atom is -0.366 e. The molecule has 0 aliphatic carbocycles. The first-order valence-corrected chi connectivity index (χ1v) is 8.30. The van der Waals surface area contributed by atoms with Gasteiger partial charge in [0.15, 0.2) is 0 Å². The minimum atomic E-state index is 0.965. The predicted molar refractivity (Wildman–Crippen MR) is 101 cm³/mol. The number of nitrogens with zero attached hydrogens (tertiary/aromatic N) is 2. The summed E-state index contributed by atoms with van der Waals surface area (Å²) in [4.78, 5) is 6.70. The van der Waals surface area contributed by atoms with Crippen LogP contribution < -0.4 is 0 Å². The Morgan fingerprint density at radius 2 is 1.57 bits per heavy atom. The third-order valence-corrected chi connectivity index (χ3v) is 4.22. The molecular weight excluding hydrogens is 280 g/mol. The largest absolute Gasteiger partial charge is 0.366 e. The lowest BCUT2D eigenvalue weighted by molar-refractivity contribution is 0.552. The highest BCUT2D eigenvalue weighted by atomic mass is 15.1. The molecule has 0 saturated heterocycles. The van der Waals surface area contributed by atoms with Crippen LogP contribution in [0.15, 0.2) is 35.3 Å². The fourth-order valence-electron chi connectivity index (χ4n) is 2.82. The summed E-state index contributed by atoms with van der Waals surface area (Å²) in [6.45, 7) is 11.7. The normalized spacial score (nSPS) is 11.2. The number of benzene rings is 2. The Morgan fingerprint density at radius 3 is 2.17 bits per heavy atom. The van der Waals surface area contributed by atoms with Crippen LogP contribution in [0, 0.1) is 27.7 Å². The van der Waals surface area contributed by atoms with Crippen molar-refractivity contribution in [2.24, 2.45) is 4.99 Å². The van der Waals surface area contributed by atoms with Crippen LogP contribution in [0.1, 0.15) is 40.3 Å². The molecule has 0 aromatic heterocycles. The molecular formula is C21H28N2. The topological polar surface area (TPSA) is 15.6 Å². The van der Waals surface area contributed by atoms with Crippen LogP contribution in [0.5, 0.6) is 0 Å². The molecule has 0 spiro atoms. The molecule has 0 aliphatic heterocycles. The Hall–Kier alpha value is -2.09. The molecule has 0 atom stereocenters. The van der Waals surface area contributed by atoms with Crippen LogP contribution in [0.2, 0.25) is 0 Å². The zero-order valence-corrected chi connectivity index (χ0v) is 15.3. The number of hydrogen-bond acceptors (Lipinski definition) is 1. The van der Waals surface area contributed by atoms with Crippen LogP contribution in [0.4, 0.5) is 5.69 Å². The van der Waals surface area contributed by atoms with Gasteiger partial charge in [-0.2, -0.15) is 0 Å². The number of hydrogen-bond donors (Lipinski definition) is 0. The summed E-state index contributed by atoms with van der Waals surface area (Å²) in [5.41, 5.74) is 9.03. The lowest BCUT2D eigenvalue weighted by Gasteiger charge is -2.12. The first-order chi connectivity index (χ1) is 10.9. The molecule has 2 aromatic carbocycles. The molecule has 0 heterocycles. The summed E-state index contributed by atoms with van der Waals surface area (Å²) in [5, 5.41) is 0.